The van der Waals surface area contributed by atoms with Crippen LogP contribution in [-0.4, -0.2) is 46.1 Å². The molecule has 0 spiro atoms. The van der Waals surface area contributed by atoms with Crippen LogP contribution in [0, 0.1) is 5.92 Å². The van der Waals surface area contributed by atoms with E-state index in [9.17, 15) is 5.11 Å². The lowest BCUT2D eigenvalue weighted by molar-refractivity contribution is -0.00106. The first-order valence-electron chi connectivity index (χ1n) is 6.72. The van der Waals surface area contributed by atoms with Crippen LogP contribution >= 0.6 is 0 Å². The predicted molar refractivity (Wildman–Crippen MR) is 72.7 cm³/mol. The predicted octanol–water partition coefficient (Wildman–Crippen LogP) is 1.90. The van der Waals surface area contributed by atoms with Gasteiger partial charge < -0.3 is 14.3 Å². The van der Waals surface area contributed by atoms with Crippen molar-refractivity contribution in [2.24, 2.45) is 5.92 Å². The van der Waals surface area contributed by atoms with Crippen molar-refractivity contribution in [1.29, 1.82) is 0 Å². The zero-order chi connectivity index (χ0) is 13.1. The van der Waals surface area contributed by atoms with Crippen LogP contribution in [0.15, 0.2) is 0 Å². The van der Waals surface area contributed by atoms with E-state index in [1.165, 1.54) is 0 Å². The summed E-state index contributed by atoms with van der Waals surface area (Å²) in [6.07, 6.45) is -0.751. The van der Waals surface area contributed by atoms with Gasteiger partial charge in [0.25, 0.3) is 0 Å². The molecule has 1 N–H and O–H groups in total. The van der Waals surface area contributed by atoms with Crippen LogP contribution in [0.2, 0.25) is 18.1 Å². The van der Waals surface area contributed by atoms with Crippen molar-refractivity contribution in [3.63, 3.8) is 0 Å². The monoisotopic (exact) mass is 256 g/mol. The maximum Gasteiger partial charge on any atom is 0.192 e. The van der Waals surface area contributed by atoms with Gasteiger partial charge in [0.05, 0.1) is 12.7 Å². The van der Waals surface area contributed by atoms with Gasteiger partial charge in [0.2, 0.25) is 0 Å². The molecule has 4 atom stereocenters. The summed E-state index contributed by atoms with van der Waals surface area (Å²) in [5.41, 5.74) is 0. The molecule has 0 bridgehead atoms. The van der Waals surface area contributed by atoms with E-state index in [1.807, 2.05) is 6.92 Å². The minimum Gasteiger partial charge on any atom is -0.414 e. The van der Waals surface area contributed by atoms with Crippen molar-refractivity contribution in [2.75, 3.05) is 6.61 Å². The molecule has 98 valence electrons. The SMILES string of the molecule is [B][C@@H]1O[C@H](CO[Si](CC)(CC)CC)[C@H](O)C1C. The second kappa shape index (κ2) is 6.36. The first-order chi connectivity index (χ1) is 7.99. The highest BCUT2D eigenvalue weighted by molar-refractivity contribution is 6.73. The van der Waals surface area contributed by atoms with Crippen molar-refractivity contribution in [2.45, 2.75) is 64.0 Å². The van der Waals surface area contributed by atoms with Crippen LogP contribution in [-0.2, 0) is 9.16 Å². The average molecular weight is 256 g/mol. The fourth-order valence-corrected chi connectivity index (χ4v) is 5.02. The molecular formula is C12H25BO3Si. The summed E-state index contributed by atoms with van der Waals surface area (Å²) in [6, 6.07) is 2.98. The van der Waals surface area contributed by atoms with Crippen molar-refractivity contribution in [3.8, 4) is 0 Å². The Hall–Kier alpha value is 0.162. The number of ether oxygens (including phenoxy) is 1. The van der Waals surface area contributed by atoms with Gasteiger partial charge in [-0.2, -0.15) is 0 Å². The Morgan fingerprint density at radius 1 is 1.24 bits per heavy atom. The highest BCUT2D eigenvalue weighted by Gasteiger charge is 2.39. The van der Waals surface area contributed by atoms with E-state index in [4.69, 9.17) is 17.0 Å². The zero-order valence-electron chi connectivity index (χ0n) is 11.5. The Morgan fingerprint density at radius 2 is 1.76 bits per heavy atom. The molecular weight excluding hydrogens is 231 g/mol. The van der Waals surface area contributed by atoms with Gasteiger partial charge in [-0.1, -0.05) is 27.7 Å². The van der Waals surface area contributed by atoms with Crippen LogP contribution in [0.1, 0.15) is 27.7 Å². The maximum atomic E-state index is 9.97. The summed E-state index contributed by atoms with van der Waals surface area (Å²) in [5.74, 6) is -0.00968. The number of rotatable bonds is 6. The van der Waals surface area contributed by atoms with E-state index in [0.717, 1.165) is 18.1 Å². The van der Waals surface area contributed by atoms with Crippen LogP contribution < -0.4 is 0 Å². The highest BCUT2D eigenvalue weighted by Crippen LogP contribution is 2.28. The van der Waals surface area contributed by atoms with Gasteiger partial charge >= 0.3 is 0 Å². The molecule has 1 rings (SSSR count). The molecule has 2 radical (unpaired) electrons. The molecule has 1 fully saturated rings. The van der Waals surface area contributed by atoms with Gasteiger partial charge in [0.15, 0.2) is 8.32 Å². The lowest BCUT2D eigenvalue weighted by atomic mass is 9.86. The quantitative estimate of drug-likeness (QED) is 0.738. The molecule has 3 nitrogen and oxygen atoms in total. The lowest BCUT2D eigenvalue weighted by Crippen LogP contribution is -2.40. The number of hydrogen-bond donors (Lipinski definition) is 1. The third-order valence-electron chi connectivity index (χ3n) is 4.26. The standard InChI is InChI=1S/C12H25BO3Si/c1-5-17(6-2,7-3)15-8-10-11(14)9(4)12(13)16-10/h9-12,14H,5-8H2,1-4H3/t9?,10-,11-,12-/m1/s1. The zero-order valence-corrected chi connectivity index (χ0v) is 12.5. The molecule has 1 aliphatic heterocycles. The minimum absolute atomic E-state index is 0.00968. The van der Waals surface area contributed by atoms with Gasteiger partial charge in [0.1, 0.15) is 14.0 Å². The van der Waals surface area contributed by atoms with Gasteiger partial charge in [-0.15, -0.1) is 0 Å². The molecule has 1 heterocycles. The van der Waals surface area contributed by atoms with Gasteiger partial charge in [-0.05, 0) is 18.1 Å². The Labute approximate surface area is 107 Å². The minimum atomic E-state index is -1.59. The summed E-state index contributed by atoms with van der Waals surface area (Å²) in [7, 11) is 4.18. The largest absolute Gasteiger partial charge is 0.414 e. The van der Waals surface area contributed by atoms with Crippen LogP contribution in [0.3, 0.4) is 0 Å². The first kappa shape index (κ1) is 15.2. The molecule has 0 aliphatic carbocycles. The van der Waals surface area contributed by atoms with Crippen molar-refractivity contribution in [3.05, 3.63) is 0 Å². The van der Waals surface area contributed by atoms with Gasteiger partial charge in [0, 0.05) is 11.9 Å². The van der Waals surface area contributed by atoms with Crippen molar-refractivity contribution < 1.29 is 14.3 Å². The summed E-state index contributed by atoms with van der Waals surface area (Å²) < 4.78 is 11.7. The molecule has 0 aromatic carbocycles. The molecule has 1 unspecified atom stereocenters. The third-order valence-corrected chi connectivity index (χ3v) is 8.90. The molecule has 1 saturated heterocycles. The Bertz CT molecular complexity index is 228. The molecule has 0 saturated carbocycles. The van der Waals surface area contributed by atoms with E-state index >= 15 is 0 Å². The normalized spacial score (nSPS) is 34.2. The molecule has 17 heavy (non-hydrogen) atoms. The number of hydrogen-bond acceptors (Lipinski definition) is 3. The van der Waals surface area contributed by atoms with E-state index < -0.39 is 14.4 Å². The third kappa shape index (κ3) is 3.34. The Kier molecular flexibility index (Phi) is 5.70. The fourth-order valence-electron chi connectivity index (χ4n) is 2.39. The average Bonchev–Trinajstić information content (AvgIpc) is 2.59. The van der Waals surface area contributed by atoms with E-state index in [1.54, 1.807) is 0 Å². The highest BCUT2D eigenvalue weighted by atomic mass is 28.4. The summed E-state index contributed by atoms with van der Waals surface area (Å²) in [5, 5.41) is 9.97. The summed E-state index contributed by atoms with van der Waals surface area (Å²) >= 11 is 0. The maximum absolute atomic E-state index is 9.97. The Balaban J connectivity index is 2.50. The van der Waals surface area contributed by atoms with Gasteiger partial charge in [-0.25, -0.2) is 0 Å². The van der Waals surface area contributed by atoms with Crippen LogP contribution in [0.4, 0.5) is 0 Å². The fraction of sp³-hybridized carbons (Fsp3) is 1.00. The number of aliphatic hydroxyl groups is 1. The first-order valence-corrected chi connectivity index (χ1v) is 9.25. The molecule has 0 aromatic rings. The Morgan fingerprint density at radius 3 is 2.12 bits per heavy atom. The molecule has 5 heteroatoms. The molecule has 0 amide bonds. The van der Waals surface area contributed by atoms with E-state index in [2.05, 4.69) is 20.8 Å². The van der Waals surface area contributed by atoms with Crippen molar-refractivity contribution >= 4 is 16.2 Å². The topological polar surface area (TPSA) is 38.7 Å². The lowest BCUT2D eigenvalue weighted by Gasteiger charge is -2.30. The second-order valence-corrected chi connectivity index (χ2v) is 9.82. The van der Waals surface area contributed by atoms with Crippen LogP contribution in [0.5, 0.6) is 0 Å². The second-order valence-electron chi connectivity index (χ2n) is 5.04. The molecule has 1 aliphatic rings. The van der Waals surface area contributed by atoms with E-state index in [-0.39, 0.29) is 18.0 Å². The van der Waals surface area contributed by atoms with Crippen LogP contribution in [0.25, 0.3) is 0 Å². The van der Waals surface area contributed by atoms with Crippen molar-refractivity contribution in [1.82, 2.24) is 0 Å². The molecule has 0 aromatic heterocycles. The van der Waals surface area contributed by atoms with Gasteiger partial charge in [-0.3, -0.25) is 0 Å². The summed E-state index contributed by atoms with van der Waals surface area (Å²) in [4.78, 5) is 0. The smallest absolute Gasteiger partial charge is 0.192 e. The van der Waals surface area contributed by atoms with E-state index in [0.29, 0.717) is 6.61 Å². The number of aliphatic hydroxyl groups excluding tert-OH is 1. The summed E-state index contributed by atoms with van der Waals surface area (Å²) in [6.45, 7) is 8.99.